The average molecular weight is 675 g/mol. The zero-order valence-electron chi connectivity index (χ0n) is 27.8. The molecule has 0 saturated carbocycles. The number of hydrogen-bond donors (Lipinski definition) is 6. The number of amides is 3. The molecule has 0 fully saturated rings. The van der Waals surface area contributed by atoms with Crippen molar-refractivity contribution in [2.24, 2.45) is 5.92 Å². The summed E-state index contributed by atoms with van der Waals surface area (Å²) in [7, 11) is 0. The minimum absolute atomic E-state index is 0.198. The van der Waals surface area contributed by atoms with Gasteiger partial charge in [-0.1, -0.05) is 54.6 Å². The van der Waals surface area contributed by atoms with E-state index >= 15 is 0 Å². The molecule has 9 nitrogen and oxygen atoms in total. The van der Waals surface area contributed by atoms with Gasteiger partial charge in [0.2, 0.25) is 17.7 Å². The highest BCUT2D eigenvalue weighted by atomic mass is 16.2. The van der Waals surface area contributed by atoms with E-state index in [0.717, 1.165) is 34.1 Å². The van der Waals surface area contributed by atoms with Gasteiger partial charge in [0.25, 0.3) is 0 Å². The maximum atomic E-state index is 13.6. The van der Waals surface area contributed by atoms with Crippen LogP contribution in [0.4, 0.5) is 51.2 Å². The molecule has 254 valence electrons. The zero-order valence-corrected chi connectivity index (χ0v) is 27.8. The van der Waals surface area contributed by atoms with Gasteiger partial charge in [0.1, 0.15) is 0 Å². The van der Waals surface area contributed by atoms with E-state index in [-0.39, 0.29) is 24.7 Å². The first-order chi connectivity index (χ1) is 24.9. The van der Waals surface area contributed by atoms with Crippen LogP contribution in [0.5, 0.6) is 0 Å². The molecule has 6 N–H and O–H groups in total. The molecule has 0 heterocycles. The highest BCUT2D eigenvalue weighted by Gasteiger charge is 2.25. The molecule has 0 aromatic heterocycles. The summed E-state index contributed by atoms with van der Waals surface area (Å²) in [5, 5.41) is 18.6. The Labute approximate surface area is 297 Å². The minimum Gasteiger partial charge on any atom is -0.356 e. The maximum absolute atomic E-state index is 13.6. The van der Waals surface area contributed by atoms with E-state index in [0.29, 0.717) is 17.1 Å². The molecular weight excluding hydrogens is 637 g/mol. The number of anilines is 9. The quantitative estimate of drug-likeness (QED) is 0.0684. The summed E-state index contributed by atoms with van der Waals surface area (Å²) in [6.45, 7) is 0. The van der Waals surface area contributed by atoms with Crippen molar-refractivity contribution >= 4 is 68.9 Å². The first-order valence-electron chi connectivity index (χ1n) is 16.6. The van der Waals surface area contributed by atoms with Crippen LogP contribution in [0.3, 0.4) is 0 Å². The SMILES string of the molecule is O=C(CC(CC(=O)Nc1ccc(Nc2ccccc2)cc1)C(=O)Nc1ccc(Nc2ccccc2)cc1)Nc1ccc(Nc2ccccc2)cc1. The number of carbonyl (C=O) groups is 3. The van der Waals surface area contributed by atoms with Crippen molar-refractivity contribution in [1.29, 1.82) is 0 Å². The summed E-state index contributed by atoms with van der Waals surface area (Å²) in [6, 6.07) is 51.1. The number of hydrogen-bond acceptors (Lipinski definition) is 6. The summed E-state index contributed by atoms with van der Waals surface area (Å²) in [5.74, 6) is -2.14. The molecule has 6 rings (SSSR count). The summed E-state index contributed by atoms with van der Waals surface area (Å²) in [6.07, 6.45) is -0.395. The predicted octanol–water partition coefficient (Wildman–Crippen LogP) is 9.53. The molecule has 9 heteroatoms. The lowest BCUT2D eigenvalue weighted by molar-refractivity contribution is -0.127. The Morgan fingerprint density at radius 1 is 0.333 bits per heavy atom. The van der Waals surface area contributed by atoms with Crippen LogP contribution in [0, 0.1) is 5.92 Å². The molecule has 3 amide bonds. The topological polar surface area (TPSA) is 123 Å². The maximum Gasteiger partial charge on any atom is 0.228 e. The molecule has 0 atom stereocenters. The first-order valence-corrected chi connectivity index (χ1v) is 16.6. The predicted molar refractivity (Wildman–Crippen MR) is 207 cm³/mol. The average Bonchev–Trinajstić information content (AvgIpc) is 3.15. The van der Waals surface area contributed by atoms with E-state index in [9.17, 15) is 14.4 Å². The fourth-order valence-corrected chi connectivity index (χ4v) is 5.35. The molecule has 0 spiro atoms. The third kappa shape index (κ3) is 10.6. The lowest BCUT2D eigenvalue weighted by Gasteiger charge is -2.17. The van der Waals surface area contributed by atoms with E-state index in [1.165, 1.54) is 0 Å². The van der Waals surface area contributed by atoms with Crippen molar-refractivity contribution in [3.05, 3.63) is 164 Å². The Bertz CT molecular complexity index is 1920. The van der Waals surface area contributed by atoms with E-state index in [4.69, 9.17) is 0 Å². The molecule has 0 aliphatic heterocycles. The van der Waals surface area contributed by atoms with E-state index in [2.05, 4.69) is 31.9 Å². The molecule has 6 aromatic rings. The normalized spacial score (nSPS) is 10.5. The van der Waals surface area contributed by atoms with E-state index < -0.39 is 11.8 Å². The summed E-state index contributed by atoms with van der Waals surface area (Å²) in [5.41, 5.74) is 7.11. The van der Waals surface area contributed by atoms with Crippen LogP contribution in [0.1, 0.15) is 12.8 Å². The molecule has 0 bridgehead atoms. The van der Waals surface area contributed by atoms with Gasteiger partial charge in [-0.25, -0.2) is 0 Å². The molecule has 0 aliphatic carbocycles. The Morgan fingerprint density at radius 3 is 0.902 bits per heavy atom. The second-order valence-electron chi connectivity index (χ2n) is 11.9. The standard InChI is InChI=1S/C42H38N6O3/c49-40(46-37-22-16-34(17-23-37)43-31-10-4-1-5-11-31)28-30(42(51)48-39-26-20-36(21-27-39)45-33-14-8-3-9-15-33)29-41(50)47-38-24-18-35(19-25-38)44-32-12-6-2-7-13-32/h1-27,30,43-45H,28-29H2,(H,46,49)(H,47,50)(H,48,51). The third-order valence-electron chi connectivity index (χ3n) is 7.91. The highest BCUT2D eigenvalue weighted by Crippen LogP contribution is 2.24. The Balaban J connectivity index is 1.09. The Kier molecular flexibility index (Phi) is 11.3. The molecule has 0 aliphatic rings. The van der Waals surface area contributed by atoms with Gasteiger partial charge in [-0.15, -0.1) is 0 Å². The molecule has 51 heavy (non-hydrogen) atoms. The van der Waals surface area contributed by atoms with Crippen molar-refractivity contribution in [2.75, 3.05) is 31.9 Å². The summed E-state index contributed by atoms with van der Waals surface area (Å²) >= 11 is 0. The van der Waals surface area contributed by atoms with Crippen molar-refractivity contribution in [3.8, 4) is 0 Å². The number of carbonyl (C=O) groups excluding carboxylic acids is 3. The molecule has 0 saturated heterocycles. The van der Waals surface area contributed by atoms with Crippen molar-refractivity contribution < 1.29 is 14.4 Å². The van der Waals surface area contributed by atoms with Gasteiger partial charge in [0.15, 0.2) is 0 Å². The summed E-state index contributed by atoms with van der Waals surface area (Å²) in [4.78, 5) is 40.1. The van der Waals surface area contributed by atoms with Crippen LogP contribution in [0.2, 0.25) is 0 Å². The van der Waals surface area contributed by atoms with Gasteiger partial charge in [-0.3, -0.25) is 14.4 Å². The van der Waals surface area contributed by atoms with Crippen LogP contribution >= 0.6 is 0 Å². The van der Waals surface area contributed by atoms with Gasteiger partial charge in [-0.05, 0) is 109 Å². The second kappa shape index (κ2) is 17.0. The molecule has 0 unspecified atom stereocenters. The number of benzene rings is 6. The van der Waals surface area contributed by atoms with E-state index in [1.807, 2.05) is 127 Å². The fourth-order valence-electron chi connectivity index (χ4n) is 5.35. The van der Waals surface area contributed by atoms with Crippen molar-refractivity contribution in [1.82, 2.24) is 0 Å². The van der Waals surface area contributed by atoms with Gasteiger partial charge in [0, 0.05) is 64.0 Å². The molecular formula is C42H38N6O3. The van der Waals surface area contributed by atoms with Crippen LogP contribution in [-0.2, 0) is 14.4 Å². The molecule has 0 radical (unpaired) electrons. The number of rotatable bonds is 14. The largest absolute Gasteiger partial charge is 0.356 e. The van der Waals surface area contributed by atoms with Gasteiger partial charge in [0.05, 0.1) is 5.92 Å². The van der Waals surface area contributed by atoms with Crippen LogP contribution in [0.15, 0.2) is 164 Å². The van der Waals surface area contributed by atoms with Crippen LogP contribution < -0.4 is 31.9 Å². The Morgan fingerprint density at radius 2 is 0.588 bits per heavy atom. The van der Waals surface area contributed by atoms with Gasteiger partial charge >= 0.3 is 0 Å². The van der Waals surface area contributed by atoms with E-state index in [1.54, 1.807) is 36.4 Å². The second-order valence-corrected chi connectivity index (χ2v) is 11.9. The molecule has 6 aromatic carbocycles. The third-order valence-corrected chi connectivity index (χ3v) is 7.91. The van der Waals surface area contributed by atoms with Crippen molar-refractivity contribution in [2.45, 2.75) is 12.8 Å². The lowest BCUT2D eigenvalue weighted by atomic mass is 9.98. The van der Waals surface area contributed by atoms with Crippen LogP contribution in [0.25, 0.3) is 0 Å². The minimum atomic E-state index is -0.940. The van der Waals surface area contributed by atoms with Gasteiger partial charge < -0.3 is 31.9 Å². The zero-order chi connectivity index (χ0) is 35.3. The smallest absolute Gasteiger partial charge is 0.228 e. The summed E-state index contributed by atoms with van der Waals surface area (Å²) < 4.78 is 0. The number of nitrogens with one attached hydrogen (secondary N) is 6. The van der Waals surface area contributed by atoms with Crippen LogP contribution in [-0.4, -0.2) is 17.7 Å². The van der Waals surface area contributed by atoms with Gasteiger partial charge in [-0.2, -0.15) is 0 Å². The number of para-hydroxylation sites is 3. The first kappa shape index (κ1) is 34.0. The highest BCUT2D eigenvalue weighted by molar-refractivity contribution is 6.02. The fraction of sp³-hybridized carbons (Fsp3) is 0.0714. The van der Waals surface area contributed by atoms with Crippen molar-refractivity contribution in [3.63, 3.8) is 0 Å². The monoisotopic (exact) mass is 674 g/mol. The lowest BCUT2D eigenvalue weighted by Crippen LogP contribution is -2.31. The Hall–Kier alpha value is -6.87.